The van der Waals surface area contributed by atoms with Crippen LogP contribution in [0.15, 0.2) is 42.5 Å². The van der Waals surface area contributed by atoms with Gasteiger partial charge in [0, 0.05) is 5.69 Å². The highest BCUT2D eigenvalue weighted by atomic mass is 32.2. The number of carbonyl (C=O) groups is 3. The lowest BCUT2D eigenvalue weighted by Gasteiger charge is -2.25. The standard InChI is InChI=1S/C20H19FN2O3S/c1-12-7-8-13(21)11-16(12)22-18(24)17(9-10-27-2)23-19(25)14-5-3-4-6-15(14)20(23)26/h3-8,11,17H,9-10H2,1-2H3,(H,22,24). The molecule has 3 amide bonds. The van der Waals surface area contributed by atoms with Crippen molar-refractivity contribution in [1.82, 2.24) is 4.90 Å². The van der Waals surface area contributed by atoms with E-state index in [1.807, 2.05) is 6.26 Å². The number of halogens is 1. The van der Waals surface area contributed by atoms with Gasteiger partial charge in [-0.05, 0) is 55.2 Å². The van der Waals surface area contributed by atoms with Crippen LogP contribution in [0.1, 0.15) is 32.7 Å². The van der Waals surface area contributed by atoms with Crippen LogP contribution in [-0.4, -0.2) is 40.7 Å². The molecule has 5 nitrogen and oxygen atoms in total. The maximum atomic E-state index is 13.5. The third-order valence-corrected chi connectivity index (χ3v) is 5.14. The van der Waals surface area contributed by atoms with Crippen molar-refractivity contribution in [3.05, 3.63) is 65.0 Å². The van der Waals surface area contributed by atoms with Crippen LogP contribution < -0.4 is 5.32 Å². The highest BCUT2D eigenvalue weighted by molar-refractivity contribution is 7.98. The molecular weight excluding hydrogens is 367 g/mol. The summed E-state index contributed by atoms with van der Waals surface area (Å²) in [6, 6.07) is 9.64. The minimum atomic E-state index is -0.965. The number of nitrogens with one attached hydrogen (secondary N) is 1. The fourth-order valence-corrected chi connectivity index (χ4v) is 3.50. The van der Waals surface area contributed by atoms with Crippen molar-refractivity contribution in [2.45, 2.75) is 19.4 Å². The van der Waals surface area contributed by atoms with Gasteiger partial charge in [-0.15, -0.1) is 0 Å². The molecule has 27 heavy (non-hydrogen) atoms. The van der Waals surface area contributed by atoms with Gasteiger partial charge in [0.15, 0.2) is 0 Å². The van der Waals surface area contributed by atoms with Gasteiger partial charge in [-0.1, -0.05) is 18.2 Å². The highest BCUT2D eigenvalue weighted by Crippen LogP contribution is 2.27. The number of hydrogen-bond acceptors (Lipinski definition) is 4. The van der Waals surface area contributed by atoms with Crippen molar-refractivity contribution in [2.24, 2.45) is 0 Å². The Bertz CT molecular complexity index is 881. The summed E-state index contributed by atoms with van der Waals surface area (Å²) in [6.07, 6.45) is 2.20. The molecule has 0 spiro atoms. The van der Waals surface area contributed by atoms with E-state index in [1.54, 1.807) is 37.3 Å². The predicted octanol–water partition coefficient (Wildman–Crippen LogP) is 3.49. The zero-order valence-electron chi connectivity index (χ0n) is 15.0. The maximum Gasteiger partial charge on any atom is 0.262 e. The lowest BCUT2D eigenvalue weighted by molar-refractivity contribution is -0.120. The molecular formula is C20H19FN2O3S. The number of nitrogens with zero attached hydrogens (tertiary/aromatic N) is 1. The summed E-state index contributed by atoms with van der Waals surface area (Å²) in [5, 5.41) is 2.67. The Morgan fingerprint density at radius 1 is 1.15 bits per heavy atom. The van der Waals surface area contributed by atoms with Gasteiger partial charge in [-0.3, -0.25) is 19.3 Å². The van der Waals surface area contributed by atoms with Crippen LogP contribution in [-0.2, 0) is 4.79 Å². The molecule has 7 heteroatoms. The highest BCUT2D eigenvalue weighted by Gasteiger charge is 2.42. The largest absolute Gasteiger partial charge is 0.324 e. The van der Waals surface area contributed by atoms with Crippen LogP contribution in [0.5, 0.6) is 0 Å². The summed E-state index contributed by atoms with van der Waals surface area (Å²) in [6.45, 7) is 1.74. The number of benzene rings is 2. The van der Waals surface area contributed by atoms with Gasteiger partial charge in [0.25, 0.3) is 11.8 Å². The van der Waals surface area contributed by atoms with Crippen molar-refractivity contribution in [1.29, 1.82) is 0 Å². The quantitative estimate of drug-likeness (QED) is 0.772. The normalized spacial score (nSPS) is 14.3. The van der Waals surface area contributed by atoms with Gasteiger partial charge in [0.1, 0.15) is 11.9 Å². The molecule has 3 rings (SSSR count). The van der Waals surface area contributed by atoms with Crippen LogP contribution >= 0.6 is 11.8 Å². The molecule has 2 aromatic carbocycles. The molecule has 140 valence electrons. The van der Waals surface area contributed by atoms with E-state index >= 15 is 0 Å². The molecule has 0 saturated carbocycles. The molecule has 0 bridgehead atoms. The van der Waals surface area contributed by atoms with E-state index in [-0.39, 0.29) is 0 Å². The van der Waals surface area contributed by atoms with Crippen molar-refractivity contribution in [3.63, 3.8) is 0 Å². The van der Waals surface area contributed by atoms with E-state index in [9.17, 15) is 18.8 Å². The van der Waals surface area contributed by atoms with E-state index in [4.69, 9.17) is 0 Å². The molecule has 0 aliphatic carbocycles. The van der Waals surface area contributed by atoms with Crippen molar-refractivity contribution in [2.75, 3.05) is 17.3 Å². The van der Waals surface area contributed by atoms with Crippen molar-refractivity contribution in [3.8, 4) is 0 Å². The molecule has 1 atom stereocenters. The first-order valence-electron chi connectivity index (χ1n) is 8.47. The van der Waals surface area contributed by atoms with Crippen molar-refractivity contribution < 1.29 is 18.8 Å². The summed E-state index contributed by atoms with van der Waals surface area (Å²) in [7, 11) is 0. The minimum Gasteiger partial charge on any atom is -0.324 e. The zero-order chi connectivity index (χ0) is 19.6. The predicted molar refractivity (Wildman–Crippen MR) is 103 cm³/mol. The first-order chi connectivity index (χ1) is 12.9. The monoisotopic (exact) mass is 386 g/mol. The van der Waals surface area contributed by atoms with Crippen LogP contribution in [0.25, 0.3) is 0 Å². The lowest BCUT2D eigenvalue weighted by atomic mass is 10.1. The van der Waals surface area contributed by atoms with E-state index in [0.29, 0.717) is 34.6 Å². The number of thioether (sulfide) groups is 1. The number of carbonyl (C=O) groups excluding carboxylic acids is 3. The SMILES string of the molecule is CSCCC(C(=O)Nc1cc(F)ccc1C)N1C(=O)c2ccccc2C1=O. The van der Waals surface area contributed by atoms with Crippen LogP contribution in [0, 0.1) is 12.7 Å². The van der Waals surface area contributed by atoms with Crippen LogP contribution in [0.4, 0.5) is 10.1 Å². The number of anilines is 1. The van der Waals surface area contributed by atoms with Gasteiger partial charge in [0.05, 0.1) is 11.1 Å². The minimum absolute atomic E-state index is 0.298. The first kappa shape index (κ1) is 19.1. The third-order valence-electron chi connectivity index (χ3n) is 4.49. The summed E-state index contributed by atoms with van der Waals surface area (Å²) in [4.78, 5) is 39.4. The maximum absolute atomic E-state index is 13.5. The third kappa shape index (κ3) is 3.73. The molecule has 0 fully saturated rings. The zero-order valence-corrected chi connectivity index (χ0v) is 15.8. The average Bonchev–Trinajstić information content (AvgIpc) is 2.90. The van der Waals surface area contributed by atoms with E-state index in [0.717, 1.165) is 4.90 Å². The Kier molecular flexibility index (Phi) is 5.60. The molecule has 2 aromatic rings. The Labute approximate surface area is 160 Å². The smallest absolute Gasteiger partial charge is 0.262 e. The molecule has 1 aliphatic heterocycles. The molecule has 0 aromatic heterocycles. The number of aryl methyl sites for hydroxylation is 1. The lowest BCUT2D eigenvalue weighted by Crippen LogP contribution is -2.47. The number of hydrogen-bond donors (Lipinski definition) is 1. The van der Waals surface area contributed by atoms with E-state index < -0.39 is 29.6 Å². The molecule has 0 saturated heterocycles. The molecule has 0 radical (unpaired) electrons. The van der Waals surface area contributed by atoms with Gasteiger partial charge >= 0.3 is 0 Å². The summed E-state index contributed by atoms with van der Waals surface area (Å²) in [5.41, 5.74) is 1.61. The Hall–Kier alpha value is -2.67. The summed E-state index contributed by atoms with van der Waals surface area (Å²) >= 11 is 1.52. The number of amides is 3. The van der Waals surface area contributed by atoms with E-state index in [2.05, 4.69) is 5.32 Å². The Morgan fingerprint density at radius 3 is 2.37 bits per heavy atom. The van der Waals surface area contributed by atoms with E-state index in [1.165, 1.54) is 23.9 Å². The first-order valence-corrected chi connectivity index (χ1v) is 9.86. The fraction of sp³-hybridized carbons (Fsp3) is 0.250. The Morgan fingerprint density at radius 2 is 1.78 bits per heavy atom. The molecule has 1 N–H and O–H groups in total. The van der Waals surface area contributed by atoms with Gasteiger partial charge in [0.2, 0.25) is 5.91 Å². The second-order valence-electron chi connectivity index (χ2n) is 6.27. The number of rotatable bonds is 6. The Balaban J connectivity index is 1.90. The molecule has 1 heterocycles. The van der Waals surface area contributed by atoms with Gasteiger partial charge < -0.3 is 5.32 Å². The fourth-order valence-electron chi connectivity index (χ4n) is 3.04. The van der Waals surface area contributed by atoms with Gasteiger partial charge in [-0.2, -0.15) is 11.8 Å². The second kappa shape index (κ2) is 7.92. The van der Waals surface area contributed by atoms with Gasteiger partial charge in [-0.25, -0.2) is 4.39 Å². The summed E-state index contributed by atoms with van der Waals surface area (Å²) < 4.78 is 13.5. The molecule has 1 aliphatic rings. The number of imide groups is 1. The summed E-state index contributed by atoms with van der Waals surface area (Å²) in [5.74, 6) is -1.35. The van der Waals surface area contributed by atoms with Crippen LogP contribution in [0.2, 0.25) is 0 Å². The second-order valence-corrected chi connectivity index (χ2v) is 7.26. The van der Waals surface area contributed by atoms with Crippen LogP contribution in [0.3, 0.4) is 0 Å². The topological polar surface area (TPSA) is 66.5 Å². The molecule has 1 unspecified atom stereocenters. The number of fused-ring (bicyclic) bond motifs is 1. The van der Waals surface area contributed by atoms with Crippen molar-refractivity contribution >= 4 is 35.2 Å². The average molecular weight is 386 g/mol.